The summed E-state index contributed by atoms with van der Waals surface area (Å²) in [6.07, 6.45) is 1.53. The summed E-state index contributed by atoms with van der Waals surface area (Å²) < 4.78 is 5.22. The number of rotatable bonds is 6. The number of carbonyl (C=O) groups excluding carboxylic acids is 1. The first-order valence-electron chi connectivity index (χ1n) is 8.12. The van der Waals surface area contributed by atoms with Crippen molar-refractivity contribution in [3.63, 3.8) is 0 Å². The van der Waals surface area contributed by atoms with Crippen molar-refractivity contribution in [1.29, 1.82) is 0 Å². The average Bonchev–Trinajstić information content (AvgIpc) is 3.10. The summed E-state index contributed by atoms with van der Waals surface area (Å²) in [7, 11) is 0. The van der Waals surface area contributed by atoms with Crippen LogP contribution in [0.3, 0.4) is 0 Å². The minimum atomic E-state index is -0.0767. The maximum atomic E-state index is 12.2. The second-order valence-electron chi connectivity index (χ2n) is 5.58. The molecular weight excluding hydrogens is 338 g/mol. The third-order valence-corrected chi connectivity index (χ3v) is 4.06. The number of para-hydroxylation sites is 1. The molecule has 3 aromatic rings. The van der Waals surface area contributed by atoms with Crippen LogP contribution in [0.5, 0.6) is 0 Å². The molecule has 128 valence electrons. The molecule has 0 saturated heterocycles. The number of nitrogens with one attached hydrogen (secondary N) is 1. The number of hydrogen-bond acceptors (Lipinski definition) is 4. The second-order valence-corrected chi connectivity index (χ2v) is 6.01. The van der Waals surface area contributed by atoms with Crippen molar-refractivity contribution in [3.8, 4) is 11.4 Å². The van der Waals surface area contributed by atoms with Crippen LogP contribution < -0.4 is 5.32 Å². The molecule has 6 heteroatoms. The van der Waals surface area contributed by atoms with Crippen LogP contribution in [0.4, 0.5) is 5.69 Å². The molecule has 1 heterocycles. The fourth-order valence-corrected chi connectivity index (χ4v) is 2.58. The normalized spacial score (nSPS) is 10.6. The SMILES string of the molecule is CCc1ccccc1NC(=O)CCc1nc(-c2ccc(Cl)cc2)no1. The van der Waals surface area contributed by atoms with Gasteiger partial charge in [-0.25, -0.2) is 0 Å². The van der Waals surface area contributed by atoms with Gasteiger partial charge in [0.05, 0.1) is 0 Å². The van der Waals surface area contributed by atoms with Crippen LogP contribution in [0.15, 0.2) is 53.1 Å². The summed E-state index contributed by atoms with van der Waals surface area (Å²) in [5.74, 6) is 0.847. The van der Waals surface area contributed by atoms with E-state index in [4.69, 9.17) is 16.1 Å². The van der Waals surface area contributed by atoms with E-state index in [2.05, 4.69) is 22.4 Å². The molecule has 3 rings (SSSR count). The van der Waals surface area contributed by atoms with E-state index < -0.39 is 0 Å². The van der Waals surface area contributed by atoms with Crippen molar-refractivity contribution in [3.05, 3.63) is 65.0 Å². The van der Waals surface area contributed by atoms with E-state index in [1.165, 1.54) is 0 Å². The Balaban J connectivity index is 1.58. The summed E-state index contributed by atoms with van der Waals surface area (Å²) in [5.41, 5.74) is 2.78. The highest BCUT2D eigenvalue weighted by Gasteiger charge is 2.11. The Morgan fingerprint density at radius 1 is 1.16 bits per heavy atom. The van der Waals surface area contributed by atoms with Crippen LogP contribution in [0.2, 0.25) is 5.02 Å². The Labute approximate surface area is 151 Å². The van der Waals surface area contributed by atoms with Gasteiger partial charge in [-0.1, -0.05) is 41.9 Å². The number of amides is 1. The molecule has 0 radical (unpaired) electrons. The lowest BCUT2D eigenvalue weighted by molar-refractivity contribution is -0.116. The quantitative estimate of drug-likeness (QED) is 0.705. The van der Waals surface area contributed by atoms with Crippen LogP contribution in [0, 0.1) is 0 Å². The van der Waals surface area contributed by atoms with Crippen LogP contribution in [0.1, 0.15) is 24.8 Å². The fraction of sp³-hybridized carbons (Fsp3) is 0.211. The van der Waals surface area contributed by atoms with Gasteiger partial charge in [0.25, 0.3) is 0 Å². The monoisotopic (exact) mass is 355 g/mol. The molecule has 1 amide bonds. The molecule has 2 aromatic carbocycles. The number of hydrogen-bond donors (Lipinski definition) is 1. The fourth-order valence-electron chi connectivity index (χ4n) is 2.46. The van der Waals surface area contributed by atoms with Gasteiger partial charge in [-0.05, 0) is 42.3 Å². The molecule has 0 atom stereocenters. The third kappa shape index (κ3) is 4.45. The first-order chi connectivity index (χ1) is 12.2. The Kier molecular flexibility index (Phi) is 5.46. The van der Waals surface area contributed by atoms with Gasteiger partial charge in [0.2, 0.25) is 17.6 Å². The number of nitrogens with zero attached hydrogens (tertiary/aromatic N) is 2. The molecule has 0 unspecified atom stereocenters. The molecule has 25 heavy (non-hydrogen) atoms. The minimum Gasteiger partial charge on any atom is -0.339 e. The topological polar surface area (TPSA) is 68.0 Å². The molecule has 0 aliphatic rings. The van der Waals surface area contributed by atoms with E-state index in [1.54, 1.807) is 12.1 Å². The van der Waals surface area contributed by atoms with Gasteiger partial charge < -0.3 is 9.84 Å². The Hall–Kier alpha value is -2.66. The molecule has 5 nitrogen and oxygen atoms in total. The van der Waals surface area contributed by atoms with E-state index in [0.29, 0.717) is 23.2 Å². The van der Waals surface area contributed by atoms with Crippen LogP contribution in [-0.2, 0) is 17.6 Å². The molecule has 0 spiro atoms. The molecule has 1 aromatic heterocycles. The van der Waals surface area contributed by atoms with Gasteiger partial charge >= 0.3 is 0 Å². The van der Waals surface area contributed by atoms with Gasteiger partial charge in [0.1, 0.15) is 0 Å². The number of benzene rings is 2. The third-order valence-electron chi connectivity index (χ3n) is 3.81. The van der Waals surface area contributed by atoms with Crippen LogP contribution >= 0.6 is 11.6 Å². The van der Waals surface area contributed by atoms with Gasteiger partial charge in [-0.2, -0.15) is 4.98 Å². The van der Waals surface area contributed by atoms with Crippen molar-refractivity contribution in [2.75, 3.05) is 5.32 Å². The maximum Gasteiger partial charge on any atom is 0.227 e. The van der Waals surface area contributed by atoms with Crippen molar-refractivity contribution in [2.24, 2.45) is 0 Å². The number of aromatic nitrogens is 2. The van der Waals surface area contributed by atoms with Crippen LogP contribution in [0.25, 0.3) is 11.4 Å². The average molecular weight is 356 g/mol. The molecule has 1 N–H and O–H groups in total. The zero-order valence-electron chi connectivity index (χ0n) is 13.8. The van der Waals surface area contributed by atoms with Crippen LogP contribution in [-0.4, -0.2) is 16.0 Å². The second kappa shape index (κ2) is 7.94. The highest BCUT2D eigenvalue weighted by atomic mass is 35.5. The Morgan fingerprint density at radius 3 is 2.68 bits per heavy atom. The summed E-state index contributed by atoms with van der Waals surface area (Å²) in [4.78, 5) is 16.5. The zero-order chi connectivity index (χ0) is 17.6. The van der Waals surface area contributed by atoms with Gasteiger partial charge in [0.15, 0.2) is 0 Å². The molecule has 0 fully saturated rings. The van der Waals surface area contributed by atoms with E-state index in [-0.39, 0.29) is 12.3 Å². The first kappa shape index (κ1) is 17.2. The number of anilines is 1. The van der Waals surface area contributed by atoms with Crippen molar-refractivity contribution in [1.82, 2.24) is 10.1 Å². The Morgan fingerprint density at radius 2 is 1.92 bits per heavy atom. The maximum absolute atomic E-state index is 12.2. The summed E-state index contributed by atoms with van der Waals surface area (Å²) in [6, 6.07) is 15.0. The molecule has 0 bridgehead atoms. The van der Waals surface area contributed by atoms with Crippen molar-refractivity contribution >= 4 is 23.2 Å². The van der Waals surface area contributed by atoms with E-state index >= 15 is 0 Å². The lowest BCUT2D eigenvalue weighted by Gasteiger charge is -2.08. The summed E-state index contributed by atoms with van der Waals surface area (Å²) >= 11 is 5.87. The molecular formula is C19H18ClN3O2. The zero-order valence-corrected chi connectivity index (χ0v) is 14.6. The Bertz CT molecular complexity index is 859. The van der Waals surface area contributed by atoms with Gasteiger partial charge in [0, 0.05) is 29.1 Å². The molecule has 0 aliphatic heterocycles. The standard InChI is InChI=1S/C19H18ClN3O2/c1-2-13-5-3-4-6-16(13)21-17(24)11-12-18-22-19(23-25-18)14-7-9-15(20)10-8-14/h3-10H,2,11-12H2,1H3,(H,21,24). The number of carbonyl (C=O) groups is 1. The summed E-state index contributed by atoms with van der Waals surface area (Å²) in [6.45, 7) is 2.06. The predicted molar refractivity (Wildman–Crippen MR) is 97.5 cm³/mol. The highest BCUT2D eigenvalue weighted by molar-refractivity contribution is 6.30. The van der Waals surface area contributed by atoms with E-state index in [0.717, 1.165) is 23.2 Å². The summed E-state index contributed by atoms with van der Waals surface area (Å²) in [5, 5.41) is 7.53. The molecule has 0 saturated carbocycles. The first-order valence-corrected chi connectivity index (χ1v) is 8.50. The lowest BCUT2D eigenvalue weighted by Crippen LogP contribution is -2.13. The number of halogens is 1. The minimum absolute atomic E-state index is 0.0767. The number of aryl methyl sites for hydroxylation is 2. The van der Waals surface area contributed by atoms with E-state index in [9.17, 15) is 4.79 Å². The van der Waals surface area contributed by atoms with Crippen molar-refractivity contribution in [2.45, 2.75) is 26.2 Å². The highest BCUT2D eigenvalue weighted by Crippen LogP contribution is 2.19. The van der Waals surface area contributed by atoms with Gasteiger partial charge in [-0.15, -0.1) is 0 Å². The predicted octanol–water partition coefficient (Wildman–Crippen LogP) is 4.52. The molecule has 0 aliphatic carbocycles. The van der Waals surface area contributed by atoms with Gasteiger partial charge in [-0.3, -0.25) is 4.79 Å². The smallest absolute Gasteiger partial charge is 0.227 e. The van der Waals surface area contributed by atoms with Crippen molar-refractivity contribution < 1.29 is 9.32 Å². The van der Waals surface area contributed by atoms with E-state index in [1.807, 2.05) is 36.4 Å². The lowest BCUT2D eigenvalue weighted by atomic mass is 10.1. The largest absolute Gasteiger partial charge is 0.339 e.